The Morgan fingerprint density at radius 2 is 2.00 bits per heavy atom. The van der Waals surface area contributed by atoms with Crippen molar-refractivity contribution in [2.75, 3.05) is 11.9 Å². The highest BCUT2D eigenvalue weighted by molar-refractivity contribution is 7.13. The minimum Gasteiger partial charge on any atom is -0.336 e. The second-order valence-corrected chi connectivity index (χ2v) is 7.03. The third kappa shape index (κ3) is 4.63. The molecule has 3 rings (SSSR count). The summed E-state index contributed by atoms with van der Waals surface area (Å²) in [5.74, 6) is 0. The van der Waals surface area contributed by atoms with E-state index in [9.17, 15) is 9.59 Å². The number of anilines is 1. The van der Waals surface area contributed by atoms with Gasteiger partial charge < -0.3 is 10.6 Å². The summed E-state index contributed by atoms with van der Waals surface area (Å²) in [5.41, 5.74) is 1.02. The summed E-state index contributed by atoms with van der Waals surface area (Å²) < 4.78 is 1.33. The van der Waals surface area contributed by atoms with Gasteiger partial charge in [-0.15, -0.1) is 11.3 Å². The fourth-order valence-electron chi connectivity index (χ4n) is 2.19. The molecule has 0 spiro atoms. The van der Waals surface area contributed by atoms with Crippen molar-refractivity contribution in [2.45, 2.75) is 6.54 Å². The predicted octanol–water partition coefficient (Wildman–Crippen LogP) is 4.10. The molecule has 26 heavy (non-hydrogen) atoms. The molecule has 0 bridgehead atoms. The van der Waals surface area contributed by atoms with Crippen molar-refractivity contribution in [1.29, 1.82) is 0 Å². The molecule has 0 radical (unpaired) electrons. The van der Waals surface area contributed by atoms with Crippen LogP contribution in [0.15, 0.2) is 52.6 Å². The van der Waals surface area contributed by atoms with Crippen LogP contribution in [0.1, 0.15) is 0 Å². The summed E-state index contributed by atoms with van der Waals surface area (Å²) in [5, 5.41) is 12.4. The Kier molecular flexibility index (Phi) is 5.92. The normalized spacial score (nSPS) is 10.5. The molecule has 2 amide bonds. The van der Waals surface area contributed by atoms with Gasteiger partial charge in [0.2, 0.25) is 0 Å². The zero-order valence-electron chi connectivity index (χ0n) is 13.4. The minimum absolute atomic E-state index is 0.225. The number of aromatic nitrogens is 2. The second-order valence-electron chi connectivity index (χ2n) is 5.27. The number of benzene rings is 1. The quantitative estimate of drug-likeness (QED) is 0.666. The molecule has 6 nitrogen and oxygen atoms in total. The molecule has 0 aliphatic heterocycles. The predicted molar refractivity (Wildman–Crippen MR) is 105 cm³/mol. The summed E-state index contributed by atoms with van der Waals surface area (Å²) in [6, 6.07) is 11.4. The van der Waals surface area contributed by atoms with Crippen LogP contribution in [0, 0.1) is 0 Å². The minimum atomic E-state index is -0.411. The highest BCUT2D eigenvalue weighted by atomic mass is 35.5. The second kappa shape index (κ2) is 8.35. The Bertz CT molecular complexity index is 973. The van der Waals surface area contributed by atoms with Crippen molar-refractivity contribution in [2.24, 2.45) is 0 Å². The van der Waals surface area contributed by atoms with Crippen molar-refractivity contribution in [1.82, 2.24) is 15.1 Å². The molecule has 1 aromatic carbocycles. The monoisotopic (exact) mass is 408 g/mol. The first-order valence-corrected chi connectivity index (χ1v) is 9.28. The maximum absolute atomic E-state index is 11.9. The lowest BCUT2D eigenvalue weighted by molar-refractivity contribution is 0.251. The SMILES string of the molecule is O=C(NCCn1nc(-c2cccs2)ccc1=O)Nc1ccc(Cl)c(Cl)c1. The third-order valence-electron chi connectivity index (χ3n) is 3.43. The summed E-state index contributed by atoms with van der Waals surface area (Å²) in [7, 11) is 0. The fourth-order valence-corrected chi connectivity index (χ4v) is 3.18. The van der Waals surface area contributed by atoms with E-state index in [1.165, 1.54) is 10.7 Å². The lowest BCUT2D eigenvalue weighted by atomic mass is 10.3. The zero-order chi connectivity index (χ0) is 18.5. The van der Waals surface area contributed by atoms with Gasteiger partial charge in [0.1, 0.15) is 5.69 Å². The lowest BCUT2D eigenvalue weighted by Gasteiger charge is -2.09. The molecule has 0 fully saturated rings. The highest BCUT2D eigenvalue weighted by Crippen LogP contribution is 2.25. The van der Waals surface area contributed by atoms with Gasteiger partial charge in [-0.05, 0) is 35.7 Å². The van der Waals surface area contributed by atoms with Gasteiger partial charge >= 0.3 is 6.03 Å². The Morgan fingerprint density at radius 3 is 2.73 bits per heavy atom. The molecule has 0 unspecified atom stereocenters. The molecule has 0 saturated carbocycles. The van der Waals surface area contributed by atoms with E-state index in [-0.39, 0.29) is 18.6 Å². The number of halogens is 2. The Hall–Kier alpha value is -2.35. The molecule has 2 aromatic heterocycles. The number of rotatable bonds is 5. The smallest absolute Gasteiger partial charge is 0.319 e. The van der Waals surface area contributed by atoms with E-state index < -0.39 is 6.03 Å². The molecular weight excluding hydrogens is 395 g/mol. The maximum Gasteiger partial charge on any atom is 0.319 e. The highest BCUT2D eigenvalue weighted by Gasteiger charge is 2.06. The van der Waals surface area contributed by atoms with E-state index in [0.717, 1.165) is 10.6 Å². The van der Waals surface area contributed by atoms with Crippen molar-refractivity contribution >= 4 is 46.3 Å². The Labute approximate surface area is 163 Å². The first kappa shape index (κ1) is 18.4. The van der Waals surface area contributed by atoms with Crippen molar-refractivity contribution in [3.05, 3.63) is 68.2 Å². The summed E-state index contributed by atoms with van der Waals surface area (Å²) in [6.07, 6.45) is 0. The van der Waals surface area contributed by atoms with Crippen molar-refractivity contribution in [3.63, 3.8) is 0 Å². The van der Waals surface area contributed by atoms with Gasteiger partial charge in [0.15, 0.2) is 0 Å². The first-order valence-electron chi connectivity index (χ1n) is 7.65. The molecule has 0 aliphatic rings. The van der Waals surface area contributed by atoms with Gasteiger partial charge in [-0.2, -0.15) is 5.10 Å². The van der Waals surface area contributed by atoms with Crippen LogP contribution in [-0.2, 0) is 6.54 Å². The van der Waals surface area contributed by atoms with Crippen LogP contribution in [0.25, 0.3) is 10.6 Å². The van der Waals surface area contributed by atoms with Gasteiger partial charge in [0, 0.05) is 18.3 Å². The summed E-state index contributed by atoms with van der Waals surface area (Å²) in [6.45, 7) is 0.501. The first-order chi connectivity index (χ1) is 12.5. The number of nitrogens with one attached hydrogen (secondary N) is 2. The number of carbonyl (C=O) groups excluding carboxylic acids is 1. The number of hydrogen-bond donors (Lipinski definition) is 2. The number of urea groups is 1. The summed E-state index contributed by atoms with van der Waals surface area (Å²) >= 11 is 13.3. The van der Waals surface area contributed by atoms with Crippen LogP contribution in [0.4, 0.5) is 10.5 Å². The molecule has 0 aliphatic carbocycles. The summed E-state index contributed by atoms with van der Waals surface area (Å²) in [4.78, 5) is 24.8. The molecule has 2 heterocycles. The van der Waals surface area contributed by atoms with Gasteiger partial charge in [0.05, 0.1) is 21.5 Å². The average Bonchev–Trinajstić information content (AvgIpc) is 3.14. The van der Waals surface area contributed by atoms with E-state index in [4.69, 9.17) is 23.2 Å². The number of carbonyl (C=O) groups is 1. The van der Waals surface area contributed by atoms with E-state index in [2.05, 4.69) is 15.7 Å². The van der Waals surface area contributed by atoms with Crippen molar-refractivity contribution < 1.29 is 4.79 Å². The van der Waals surface area contributed by atoms with Crippen LogP contribution in [0.5, 0.6) is 0 Å². The van der Waals surface area contributed by atoms with Crippen LogP contribution < -0.4 is 16.2 Å². The van der Waals surface area contributed by atoms with Gasteiger partial charge in [-0.3, -0.25) is 4.79 Å². The molecule has 0 saturated heterocycles. The standard InChI is InChI=1S/C17H14Cl2N4O2S/c18-12-4-3-11(10-13(12)19)21-17(25)20-7-8-23-16(24)6-5-14(22-23)15-2-1-9-26-15/h1-6,9-10H,7-8H2,(H2,20,21,25). The van der Waals surface area contributed by atoms with Crippen LogP contribution in [-0.4, -0.2) is 22.4 Å². The Morgan fingerprint density at radius 1 is 1.15 bits per heavy atom. The molecule has 2 N–H and O–H groups in total. The topological polar surface area (TPSA) is 76.0 Å². The molecule has 0 atom stereocenters. The number of thiophene rings is 1. The van der Waals surface area contributed by atoms with Crippen molar-refractivity contribution in [3.8, 4) is 10.6 Å². The number of hydrogen-bond acceptors (Lipinski definition) is 4. The van der Waals surface area contributed by atoms with Gasteiger partial charge in [0.25, 0.3) is 5.56 Å². The maximum atomic E-state index is 11.9. The molecule has 9 heteroatoms. The van der Waals surface area contributed by atoms with Crippen LogP contribution >= 0.6 is 34.5 Å². The van der Waals surface area contributed by atoms with Gasteiger partial charge in [-0.1, -0.05) is 29.3 Å². The largest absolute Gasteiger partial charge is 0.336 e. The van der Waals surface area contributed by atoms with E-state index in [1.807, 2.05) is 17.5 Å². The number of amides is 2. The van der Waals surface area contributed by atoms with Gasteiger partial charge in [-0.25, -0.2) is 9.48 Å². The molecule has 134 valence electrons. The van der Waals surface area contributed by atoms with E-state index in [1.54, 1.807) is 35.6 Å². The third-order valence-corrected chi connectivity index (χ3v) is 5.06. The Balaban J connectivity index is 1.57. The van der Waals surface area contributed by atoms with E-state index >= 15 is 0 Å². The molecular formula is C17H14Cl2N4O2S. The zero-order valence-corrected chi connectivity index (χ0v) is 15.7. The number of nitrogens with zero attached hydrogens (tertiary/aromatic N) is 2. The molecule has 3 aromatic rings. The average molecular weight is 409 g/mol. The van der Waals surface area contributed by atoms with E-state index in [0.29, 0.717) is 15.7 Å². The van der Waals surface area contributed by atoms with Crippen LogP contribution in [0.3, 0.4) is 0 Å². The van der Waals surface area contributed by atoms with Crippen LogP contribution in [0.2, 0.25) is 10.0 Å². The lowest BCUT2D eigenvalue weighted by Crippen LogP contribution is -2.34. The fraction of sp³-hybridized carbons (Fsp3) is 0.118.